The van der Waals surface area contributed by atoms with Crippen molar-refractivity contribution in [3.05, 3.63) is 39.7 Å². The second-order valence-corrected chi connectivity index (χ2v) is 9.03. The third-order valence-electron chi connectivity index (χ3n) is 7.31. The molecular formula is C22H26FN3O3. The molecule has 0 unspecified atom stereocenters. The highest BCUT2D eigenvalue weighted by Gasteiger charge is 2.44. The van der Waals surface area contributed by atoms with Gasteiger partial charge in [0.2, 0.25) is 5.43 Å². The summed E-state index contributed by atoms with van der Waals surface area (Å²) in [6.45, 7) is 3.73. The Morgan fingerprint density at radius 2 is 2.07 bits per heavy atom. The van der Waals surface area contributed by atoms with E-state index in [0.29, 0.717) is 23.2 Å². The number of pyridine rings is 1. The van der Waals surface area contributed by atoms with Gasteiger partial charge < -0.3 is 20.3 Å². The number of rotatable bonds is 4. The van der Waals surface area contributed by atoms with Crippen LogP contribution >= 0.6 is 0 Å². The predicted molar refractivity (Wildman–Crippen MR) is 110 cm³/mol. The van der Waals surface area contributed by atoms with Gasteiger partial charge in [0.05, 0.1) is 11.6 Å². The van der Waals surface area contributed by atoms with Crippen LogP contribution in [0.4, 0.5) is 10.1 Å². The number of anilines is 1. The quantitative estimate of drug-likeness (QED) is 0.825. The van der Waals surface area contributed by atoms with Gasteiger partial charge in [-0.25, -0.2) is 9.18 Å². The Bertz CT molecular complexity index is 1080. The van der Waals surface area contributed by atoms with Gasteiger partial charge in [-0.1, -0.05) is 0 Å². The van der Waals surface area contributed by atoms with Gasteiger partial charge in [-0.3, -0.25) is 4.79 Å². The number of nitrogens with two attached hydrogens (primary N) is 1. The number of carboxylic acid groups (broad SMARTS) is 1. The normalized spacial score (nSPS) is 27.8. The molecular weight excluding hydrogens is 373 g/mol. The van der Waals surface area contributed by atoms with E-state index in [2.05, 4.69) is 4.90 Å². The molecule has 5 rings (SSSR count). The summed E-state index contributed by atoms with van der Waals surface area (Å²) in [4.78, 5) is 26.6. The molecule has 1 aliphatic heterocycles. The molecule has 1 saturated heterocycles. The summed E-state index contributed by atoms with van der Waals surface area (Å²) in [7, 11) is 0. The number of benzene rings is 1. The van der Waals surface area contributed by atoms with Crippen molar-refractivity contribution in [3.8, 4) is 0 Å². The molecule has 1 aromatic heterocycles. The molecule has 154 valence electrons. The number of fused-ring (bicyclic) bond motifs is 1. The smallest absolute Gasteiger partial charge is 0.341 e. The molecule has 0 bridgehead atoms. The molecule has 3 fully saturated rings. The minimum Gasteiger partial charge on any atom is -0.477 e. The van der Waals surface area contributed by atoms with Gasteiger partial charge in [0, 0.05) is 42.3 Å². The lowest BCUT2D eigenvalue weighted by atomic mass is 9.68. The average molecular weight is 399 g/mol. The average Bonchev–Trinajstić information content (AvgIpc) is 3.18. The molecule has 29 heavy (non-hydrogen) atoms. The fourth-order valence-electron chi connectivity index (χ4n) is 5.25. The van der Waals surface area contributed by atoms with Crippen LogP contribution in [-0.4, -0.2) is 40.4 Å². The molecule has 3 aliphatic rings. The zero-order valence-corrected chi connectivity index (χ0v) is 16.5. The van der Waals surface area contributed by atoms with Gasteiger partial charge in [0.1, 0.15) is 11.7 Å². The fraction of sp³-hybridized carbons (Fsp3) is 0.545. The number of hydrogen-bond donors (Lipinski definition) is 2. The first-order valence-corrected chi connectivity index (χ1v) is 10.4. The van der Waals surface area contributed by atoms with Crippen LogP contribution in [0.2, 0.25) is 0 Å². The maximum atomic E-state index is 13.9. The van der Waals surface area contributed by atoms with Crippen LogP contribution in [0.15, 0.2) is 23.1 Å². The van der Waals surface area contributed by atoms with Gasteiger partial charge in [-0.2, -0.15) is 0 Å². The van der Waals surface area contributed by atoms with E-state index in [1.807, 2.05) is 13.0 Å². The van der Waals surface area contributed by atoms with E-state index >= 15 is 0 Å². The minimum absolute atomic E-state index is 0.0482. The number of halogens is 1. The number of nitrogens with zero attached hydrogens (tertiary/aromatic N) is 2. The highest BCUT2D eigenvalue weighted by atomic mass is 19.1. The second kappa shape index (κ2) is 6.29. The molecule has 3 N–H and O–H groups in total. The van der Waals surface area contributed by atoms with E-state index in [1.165, 1.54) is 12.6 Å². The maximum absolute atomic E-state index is 13.9. The lowest BCUT2D eigenvalue weighted by molar-refractivity contribution is 0.0694. The fourth-order valence-corrected chi connectivity index (χ4v) is 5.25. The van der Waals surface area contributed by atoms with Crippen LogP contribution in [0.25, 0.3) is 10.9 Å². The number of aromatic carboxylic acids is 1. The Morgan fingerprint density at radius 3 is 2.66 bits per heavy atom. The SMILES string of the molecule is Cc1c(N2CC[C@@H](C3(N)CCC3)C2)ccc2c(=O)c(C(=O)O)cn([C@@H]3C[C@@H]3F)c12. The number of hydrogen-bond acceptors (Lipinski definition) is 4. The number of aryl methyl sites for hydroxylation is 1. The first kappa shape index (κ1) is 18.6. The summed E-state index contributed by atoms with van der Waals surface area (Å²) in [6, 6.07) is 3.20. The molecule has 7 heteroatoms. The molecule has 2 heterocycles. The van der Waals surface area contributed by atoms with Crippen molar-refractivity contribution in [3.63, 3.8) is 0 Å². The summed E-state index contributed by atoms with van der Waals surface area (Å²) < 4.78 is 15.6. The third kappa shape index (κ3) is 2.78. The molecule has 0 amide bonds. The molecule has 1 aromatic carbocycles. The van der Waals surface area contributed by atoms with Crippen LogP contribution in [-0.2, 0) is 0 Å². The van der Waals surface area contributed by atoms with Crippen LogP contribution in [0.5, 0.6) is 0 Å². The van der Waals surface area contributed by atoms with E-state index in [-0.39, 0.29) is 11.1 Å². The largest absolute Gasteiger partial charge is 0.477 e. The number of aromatic nitrogens is 1. The van der Waals surface area contributed by atoms with E-state index in [0.717, 1.165) is 43.6 Å². The zero-order valence-electron chi connectivity index (χ0n) is 16.5. The van der Waals surface area contributed by atoms with Crippen molar-refractivity contribution in [2.45, 2.75) is 56.8 Å². The highest BCUT2D eigenvalue weighted by Crippen LogP contribution is 2.44. The van der Waals surface area contributed by atoms with Crippen LogP contribution in [0.1, 0.15) is 54.1 Å². The predicted octanol–water partition coefficient (Wildman–Crippen LogP) is 3.00. The molecule has 0 spiro atoms. The van der Waals surface area contributed by atoms with Crippen LogP contribution in [0.3, 0.4) is 0 Å². The van der Waals surface area contributed by atoms with Crippen molar-refractivity contribution >= 4 is 22.6 Å². The highest BCUT2D eigenvalue weighted by molar-refractivity contribution is 5.95. The van der Waals surface area contributed by atoms with E-state index in [9.17, 15) is 19.1 Å². The van der Waals surface area contributed by atoms with E-state index < -0.39 is 23.6 Å². The van der Waals surface area contributed by atoms with Crippen molar-refractivity contribution in [1.29, 1.82) is 0 Å². The van der Waals surface area contributed by atoms with Crippen molar-refractivity contribution in [2.75, 3.05) is 18.0 Å². The second-order valence-electron chi connectivity index (χ2n) is 9.03. The number of carbonyl (C=O) groups is 1. The molecule has 6 nitrogen and oxygen atoms in total. The molecule has 3 atom stereocenters. The molecule has 2 saturated carbocycles. The van der Waals surface area contributed by atoms with Gasteiger partial charge in [-0.15, -0.1) is 0 Å². The molecule has 2 aromatic rings. The van der Waals surface area contributed by atoms with Gasteiger partial charge in [-0.05, 0) is 56.2 Å². The Morgan fingerprint density at radius 1 is 1.34 bits per heavy atom. The summed E-state index contributed by atoms with van der Waals surface area (Å²) in [5.74, 6) is -0.818. The Labute approximate surface area is 168 Å². The van der Waals surface area contributed by atoms with Crippen LogP contribution < -0.4 is 16.1 Å². The zero-order chi connectivity index (χ0) is 20.5. The standard InChI is InChI=1S/C22H26FN3O3/c1-12-17(25-8-5-13(10-25)22(24)6-2-7-22)4-3-14-19(12)26(18-9-16(18)23)11-15(20(14)27)21(28)29/h3-4,11,13,16,18H,2,5-10,24H2,1H3,(H,28,29)/t13-,16+,18-/m1/s1. The van der Waals surface area contributed by atoms with E-state index in [1.54, 1.807) is 10.6 Å². The van der Waals surface area contributed by atoms with Gasteiger partial charge >= 0.3 is 5.97 Å². The third-order valence-corrected chi connectivity index (χ3v) is 7.31. The first-order chi connectivity index (χ1) is 13.8. The molecule has 2 aliphatic carbocycles. The number of alkyl halides is 1. The lowest BCUT2D eigenvalue weighted by Crippen LogP contribution is -2.53. The summed E-state index contributed by atoms with van der Waals surface area (Å²) in [6.07, 6.45) is 5.09. The Balaban J connectivity index is 1.60. The number of carboxylic acids is 1. The summed E-state index contributed by atoms with van der Waals surface area (Å²) >= 11 is 0. The van der Waals surface area contributed by atoms with E-state index in [4.69, 9.17) is 5.73 Å². The minimum atomic E-state index is -1.28. The van der Waals surface area contributed by atoms with Crippen molar-refractivity contribution in [2.24, 2.45) is 11.7 Å². The summed E-state index contributed by atoms with van der Waals surface area (Å²) in [5.41, 5.74) is 8.27. The Hall–Kier alpha value is -2.41. The lowest BCUT2D eigenvalue weighted by Gasteiger charge is -2.43. The van der Waals surface area contributed by atoms with Crippen molar-refractivity contribution in [1.82, 2.24) is 4.57 Å². The molecule has 0 radical (unpaired) electrons. The van der Waals surface area contributed by atoms with Gasteiger partial charge in [0.15, 0.2) is 0 Å². The van der Waals surface area contributed by atoms with Crippen LogP contribution in [0, 0.1) is 12.8 Å². The Kier molecular flexibility index (Phi) is 4.04. The maximum Gasteiger partial charge on any atom is 0.341 e. The monoisotopic (exact) mass is 399 g/mol. The first-order valence-electron chi connectivity index (χ1n) is 10.4. The van der Waals surface area contributed by atoms with Gasteiger partial charge in [0.25, 0.3) is 0 Å². The summed E-state index contributed by atoms with van der Waals surface area (Å²) in [5, 5.41) is 9.76. The topological polar surface area (TPSA) is 88.6 Å². The van der Waals surface area contributed by atoms with Crippen molar-refractivity contribution < 1.29 is 14.3 Å².